The van der Waals surface area contributed by atoms with Gasteiger partial charge < -0.3 is 9.84 Å². The van der Waals surface area contributed by atoms with Crippen LogP contribution in [-0.4, -0.2) is 17.0 Å². The zero-order valence-corrected chi connectivity index (χ0v) is 9.45. The summed E-state index contributed by atoms with van der Waals surface area (Å²) in [4.78, 5) is 22.3. The molecule has 1 aromatic carbocycles. The number of ether oxygens (including phenoxy) is 1. The zero-order chi connectivity index (χ0) is 12.3. The van der Waals surface area contributed by atoms with E-state index in [9.17, 15) is 9.59 Å². The number of rotatable bonds is 3. The van der Waals surface area contributed by atoms with Crippen molar-refractivity contribution in [2.45, 2.75) is 11.8 Å². The van der Waals surface area contributed by atoms with Crippen LogP contribution < -0.4 is 4.74 Å². The highest BCUT2D eigenvalue weighted by Gasteiger charge is 2.11. The number of carboxylic acid groups (broad SMARTS) is 1. The quantitative estimate of drug-likeness (QED) is 0.366. The molecule has 4 nitrogen and oxygen atoms in total. The Balaban J connectivity index is 3.00. The van der Waals surface area contributed by atoms with Crippen LogP contribution in [0.15, 0.2) is 35.2 Å². The molecular weight excluding hydrogens is 228 g/mol. The summed E-state index contributed by atoms with van der Waals surface area (Å²) in [5.74, 6) is -1.57. The monoisotopic (exact) mass is 238 g/mol. The van der Waals surface area contributed by atoms with Crippen LogP contribution in [0.1, 0.15) is 17.3 Å². The van der Waals surface area contributed by atoms with Crippen LogP contribution in [0.2, 0.25) is 0 Å². The molecule has 0 bridgehead atoms. The van der Waals surface area contributed by atoms with E-state index in [2.05, 4.69) is 19.2 Å². The Morgan fingerprint density at radius 2 is 2.06 bits per heavy atom. The maximum atomic E-state index is 11.2. The van der Waals surface area contributed by atoms with Gasteiger partial charge in [0.25, 0.3) is 0 Å². The fraction of sp³-hybridized carbons (Fsp3) is 0.0909. The Morgan fingerprint density at radius 1 is 1.44 bits per heavy atom. The first-order chi connectivity index (χ1) is 7.41. The Labute approximate surface area is 98.0 Å². The van der Waals surface area contributed by atoms with E-state index in [1.54, 1.807) is 0 Å². The van der Waals surface area contributed by atoms with Gasteiger partial charge in [-0.25, -0.2) is 9.59 Å². The van der Waals surface area contributed by atoms with E-state index in [1.165, 1.54) is 25.1 Å². The second kappa shape index (κ2) is 4.85. The summed E-state index contributed by atoms with van der Waals surface area (Å²) in [6.07, 6.45) is 0. The minimum Gasteiger partial charge on any atom is -0.478 e. The third-order valence-corrected chi connectivity index (χ3v) is 2.15. The van der Waals surface area contributed by atoms with E-state index >= 15 is 0 Å². The molecule has 0 amide bonds. The van der Waals surface area contributed by atoms with E-state index in [1.807, 2.05) is 0 Å². The number of carbonyl (C=O) groups excluding carboxylic acids is 1. The van der Waals surface area contributed by atoms with Crippen molar-refractivity contribution in [3.8, 4) is 5.75 Å². The number of aromatic carboxylic acids is 1. The molecule has 0 aliphatic heterocycles. The first-order valence-electron chi connectivity index (χ1n) is 4.36. The normalized spacial score (nSPS) is 9.62. The molecule has 5 heteroatoms. The second-order valence-corrected chi connectivity index (χ2v) is 3.64. The molecule has 0 atom stereocenters. The average molecular weight is 238 g/mol. The van der Waals surface area contributed by atoms with Crippen molar-refractivity contribution in [2.24, 2.45) is 0 Å². The van der Waals surface area contributed by atoms with Gasteiger partial charge >= 0.3 is 11.9 Å². The van der Waals surface area contributed by atoms with Gasteiger partial charge in [-0.15, -0.1) is 12.6 Å². The number of hydrogen-bond donors (Lipinski definition) is 2. The van der Waals surface area contributed by atoms with Gasteiger partial charge in [-0.3, -0.25) is 0 Å². The summed E-state index contributed by atoms with van der Waals surface area (Å²) in [6.45, 7) is 4.93. The number of benzene rings is 1. The summed E-state index contributed by atoms with van der Waals surface area (Å²) in [6, 6.07) is 4.16. The third kappa shape index (κ3) is 2.87. The minimum absolute atomic E-state index is 0.0182. The van der Waals surface area contributed by atoms with Gasteiger partial charge in [0, 0.05) is 10.5 Å². The van der Waals surface area contributed by atoms with Gasteiger partial charge in [0.15, 0.2) is 0 Å². The number of carbonyl (C=O) groups is 2. The highest BCUT2D eigenvalue weighted by Crippen LogP contribution is 2.21. The molecule has 0 aromatic heterocycles. The maximum Gasteiger partial charge on any atom is 0.338 e. The van der Waals surface area contributed by atoms with Crippen molar-refractivity contribution in [2.75, 3.05) is 0 Å². The highest BCUT2D eigenvalue weighted by atomic mass is 32.1. The third-order valence-electron chi connectivity index (χ3n) is 1.76. The summed E-state index contributed by atoms with van der Waals surface area (Å²) < 4.78 is 4.89. The Hall–Kier alpha value is -1.75. The van der Waals surface area contributed by atoms with Crippen LogP contribution in [0.5, 0.6) is 5.75 Å². The molecule has 0 aliphatic carbocycles. The largest absolute Gasteiger partial charge is 0.478 e. The van der Waals surface area contributed by atoms with Gasteiger partial charge in [-0.2, -0.15) is 0 Å². The van der Waals surface area contributed by atoms with Crippen LogP contribution in [0.4, 0.5) is 0 Å². The van der Waals surface area contributed by atoms with E-state index < -0.39 is 11.9 Å². The van der Waals surface area contributed by atoms with Crippen molar-refractivity contribution in [1.82, 2.24) is 0 Å². The van der Waals surface area contributed by atoms with Crippen LogP contribution in [0.3, 0.4) is 0 Å². The summed E-state index contributed by atoms with van der Waals surface area (Å²) in [5, 5.41) is 8.83. The predicted molar refractivity (Wildman–Crippen MR) is 61.1 cm³/mol. The molecule has 1 rings (SSSR count). The molecule has 0 fully saturated rings. The fourth-order valence-corrected chi connectivity index (χ4v) is 1.18. The molecule has 1 N–H and O–H groups in total. The van der Waals surface area contributed by atoms with Crippen molar-refractivity contribution >= 4 is 24.6 Å². The van der Waals surface area contributed by atoms with Crippen LogP contribution in [-0.2, 0) is 4.79 Å². The van der Waals surface area contributed by atoms with Crippen LogP contribution in [0, 0.1) is 0 Å². The van der Waals surface area contributed by atoms with Gasteiger partial charge in [-0.05, 0) is 25.1 Å². The first kappa shape index (κ1) is 12.3. The van der Waals surface area contributed by atoms with E-state index in [0.29, 0.717) is 4.90 Å². The Kier molecular flexibility index (Phi) is 3.73. The van der Waals surface area contributed by atoms with Crippen molar-refractivity contribution in [3.05, 3.63) is 35.9 Å². The molecule has 0 aliphatic rings. The lowest BCUT2D eigenvalue weighted by Crippen LogP contribution is -2.09. The average Bonchev–Trinajstić information content (AvgIpc) is 2.20. The van der Waals surface area contributed by atoms with E-state index in [-0.39, 0.29) is 16.9 Å². The molecule has 0 saturated carbocycles. The van der Waals surface area contributed by atoms with Crippen LogP contribution in [0.25, 0.3) is 0 Å². The smallest absolute Gasteiger partial charge is 0.338 e. The van der Waals surface area contributed by atoms with Crippen LogP contribution >= 0.6 is 12.6 Å². The minimum atomic E-state index is -1.13. The number of esters is 1. The topological polar surface area (TPSA) is 63.6 Å². The summed E-state index contributed by atoms with van der Waals surface area (Å²) >= 11 is 3.98. The summed E-state index contributed by atoms with van der Waals surface area (Å²) in [7, 11) is 0. The first-order valence-corrected chi connectivity index (χ1v) is 4.80. The lowest BCUT2D eigenvalue weighted by Gasteiger charge is -2.05. The van der Waals surface area contributed by atoms with Gasteiger partial charge in [0.05, 0.1) is 5.56 Å². The SMILES string of the molecule is C=C(C)C(=O)Oc1ccc(S)c(C(=O)O)c1. The summed E-state index contributed by atoms with van der Waals surface area (Å²) in [5.41, 5.74) is 0.224. The van der Waals surface area contributed by atoms with Crippen molar-refractivity contribution < 1.29 is 19.4 Å². The molecule has 0 unspecified atom stereocenters. The highest BCUT2D eigenvalue weighted by molar-refractivity contribution is 7.80. The lowest BCUT2D eigenvalue weighted by atomic mass is 10.2. The molecule has 16 heavy (non-hydrogen) atoms. The standard InChI is InChI=1S/C11H10O4S/c1-6(2)11(14)15-7-3-4-9(16)8(5-7)10(12)13/h3-5,16H,1H2,2H3,(H,12,13). The van der Waals surface area contributed by atoms with Gasteiger partial charge in [0.2, 0.25) is 0 Å². The van der Waals surface area contributed by atoms with Gasteiger partial charge in [0.1, 0.15) is 5.75 Å². The Morgan fingerprint density at radius 3 is 2.56 bits per heavy atom. The zero-order valence-electron chi connectivity index (χ0n) is 8.56. The van der Waals surface area contributed by atoms with Crippen molar-refractivity contribution in [1.29, 1.82) is 0 Å². The predicted octanol–water partition coefficient (Wildman–Crippen LogP) is 2.16. The Bertz CT molecular complexity index is 465. The molecule has 1 aromatic rings. The molecule has 0 saturated heterocycles. The molecular formula is C11H10O4S. The molecule has 84 valence electrons. The maximum absolute atomic E-state index is 11.2. The number of carboxylic acids is 1. The van der Waals surface area contributed by atoms with E-state index in [0.717, 1.165) is 0 Å². The molecule has 0 spiro atoms. The second-order valence-electron chi connectivity index (χ2n) is 3.15. The fourth-order valence-electron chi connectivity index (χ4n) is 0.944. The van der Waals surface area contributed by atoms with E-state index in [4.69, 9.17) is 9.84 Å². The molecule has 0 radical (unpaired) electrons. The molecule has 0 heterocycles. The number of hydrogen-bond acceptors (Lipinski definition) is 4. The number of thiol groups is 1. The lowest BCUT2D eigenvalue weighted by molar-refractivity contribution is -0.130. The van der Waals surface area contributed by atoms with Gasteiger partial charge in [-0.1, -0.05) is 6.58 Å². The van der Waals surface area contributed by atoms with Crippen molar-refractivity contribution in [3.63, 3.8) is 0 Å².